The second-order valence-electron chi connectivity index (χ2n) is 8.90. The third-order valence-corrected chi connectivity index (χ3v) is 7.12. The summed E-state index contributed by atoms with van der Waals surface area (Å²) in [6.07, 6.45) is 7.13. The maximum atomic E-state index is 13.9. The number of rotatable bonds is 7. The van der Waals surface area contributed by atoms with Crippen LogP contribution in [-0.2, 0) is 17.1 Å². The van der Waals surface area contributed by atoms with E-state index in [4.69, 9.17) is 0 Å². The van der Waals surface area contributed by atoms with E-state index >= 15 is 0 Å². The van der Waals surface area contributed by atoms with Gasteiger partial charge in [-0.1, -0.05) is 44.4 Å². The number of piperidine rings is 1. The minimum absolute atomic E-state index is 0.0679. The summed E-state index contributed by atoms with van der Waals surface area (Å²) < 4.78 is 27.7. The normalized spacial score (nSPS) is 28.2. The van der Waals surface area contributed by atoms with Gasteiger partial charge in [-0.25, -0.2) is 8.78 Å². The van der Waals surface area contributed by atoms with E-state index in [-0.39, 0.29) is 23.8 Å². The largest absolute Gasteiger partial charge is 0.356 e. The summed E-state index contributed by atoms with van der Waals surface area (Å²) >= 11 is 0. The first-order valence-electron chi connectivity index (χ1n) is 11.0. The molecule has 0 spiro atoms. The molecule has 1 N–H and O–H groups in total. The summed E-state index contributed by atoms with van der Waals surface area (Å²) in [6, 6.07) is 7.34. The maximum Gasteiger partial charge on any atom is 0.273 e. The van der Waals surface area contributed by atoms with Gasteiger partial charge in [-0.3, -0.25) is 9.69 Å². The minimum Gasteiger partial charge on any atom is -0.356 e. The zero-order valence-electron chi connectivity index (χ0n) is 16.8. The van der Waals surface area contributed by atoms with Crippen molar-refractivity contribution in [3.8, 4) is 0 Å². The van der Waals surface area contributed by atoms with Crippen molar-refractivity contribution in [2.24, 2.45) is 17.8 Å². The Hall–Kier alpha value is -1.49. The summed E-state index contributed by atoms with van der Waals surface area (Å²) in [4.78, 5) is 15.1. The molecule has 1 aliphatic heterocycles. The van der Waals surface area contributed by atoms with E-state index in [9.17, 15) is 13.6 Å². The topological polar surface area (TPSA) is 32.3 Å². The molecule has 3 fully saturated rings. The van der Waals surface area contributed by atoms with Crippen molar-refractivity contribution in [3.05, 3.63) is 35.4 Å². The number of nitrogens with one attached hydrogen (secondary N) is 1. The quantitative estimate of drug-likeness (QED) is 0.750. The predicted octanol–water partition coefficient (Wildman–Crippen LogP) is 4.36. The van der Waals surface area contributed by atoms with Gasteiger partial charge in [0.2, 0.25) is 5.91 Å². The van der Waals surface area contributed by atoms with Crippen molar-refractivity contribution < 1.29 is 13.6 Å². The Labute approximate surface area is 166 Å². The zero-order chi connectivity index (χ0) is 19.7. The second kappa shape index (κ2) is 8.10. The SMILES string of the molecule is CCC(F)(F)c1cccc(CCNC(=O)C2C3CN(C4CCCCC4)CC32)c1. The number of alkyl halides is 2. The monoisotopic (exact) mass is 390 g/mol. The van der Waals surface area contributed by atoms with Crippen LogP contribution in [0, 0.1) is 17.8 Å². The lowest BCUT2D eigenvalue weighted by Crippen LogP contribution is -2.39. The van der Waals surface area contributed by atoms with E-state index in [1.165, 1.54) is 45.1 Å². The average molecular weight is 391 g/mol. The molecule has 1 amide bonds. The van der Waals surface area contributed by atoms with Crippen LogP contribution in [0.15, 0.2) is 24.3 Å². The fraction of sp³-hybridized carbons (Fsp3) is 0.696. The number of carbonyl (C=O) groups excluding carboxylic acids is 1. The first kappa shape index (κ1) is 19.8. The molecule has 1 aromatic rings. The van der Waals surface area contributed by atoms with Crippen LogP contribution < -0.4 is 5.32 Å². The highest BCUT2D eigenvalue weighted by Crippen LogP contribution is 2.52. The van der Waals surface area contributed by atoms with Gasteiger partial charge in [0, 0.05) is 43.6 Å². The van der Waals surface area contributed by atoms with Crippen LogP contribution in [0.5, 0.6) is 0 Å². The summed E-state index contributed by atoms with van der Waals surface area (Å²) in [5.41, 5.74) is 0.920. The summed E-state index contributed by atoms with van der Waals surface area (Å²) in [7, 11) is 0. The summed E-state index contributed by atoms with van der Waals surface area (Å²) in [6.45, 7) is 4.18. The Balaban J connectivity index is 1.21. The van der Waals surface area contributed by atoms with Crippen molar-refractivity contribution in [1.29, 1.82) is 0 Å². The predicted molar refractivity (Wildman–Crippen MR) is 106 cm³/mol. The first-order chi connectivity index (χ1) is 13.5. The smallest absolute Gasteiger partial charge is 0.273 e. The Kier molecular flexibility index (Phi) is 5.73. The Morgan fingerprint density at radius 1 is 1.18 bits per heavy atom. The van der Waals surface area contributed by atoms with Gasteiger partial charge in [0.05, 0.1) is 0 Å². The van der Waals surface area contributed by atoms with E-state index in [0.717, 1.165) is 24.7 Å². The molecule has 3 aliphatic rings. The number of hydrogen-bond donors (Lipinski definition) is 1. The van der Waals surface area contributed by atoms with Gasteiger partial charge in [0.15, 0.2) is 0 Å². The van der Waals surface area contributed by atoms with E-state index < -0.39 is 5.92 Å². The van der Waals surface area contributed by atoms with E-state index in [1.54, 1.807) is 12.1 Å². The van der Waals surface area contributed by atoms with E-state index in [2.05, 4.69) is 10.2 Å². The van der Waals surface area contributed by atoms with Crippen molar-refractivity contribution in [1.82, 2.24) is 10.2 Å². The highest BCUT2D eigenvalue weighted by atomic mass is 19.3. The third kappa shape index (κ3) is 4.10. The minimum atomic E-state index is -2.78. The molecule has 2 aliphatic carbocycles. The van der Waals surface area contributed by atoms with Crippen LogP contribution in [0.2, 0.25) is 0 Å². The lowest BCUT2D eigenvalue weighted by molar-refractivity contribution is -0.123. The number of halogens is 2. The van der Waals surface area contributed by atoms with E-state index in [1.807, 2.05) is 6.07 Å². The van der Waals surface area contributed by atoms with Crippen molar-refractivity contribution in [2.45, 2.75) is 63.8 Å². The molecule has 28 heavy (non-hydrogen) atoms. The Morgan fingerprint density at radius 2 is 1.89 bits per heavy atom. The average Bonchev–Trinajstić information content (AvgIpc) is 3.22. The van der Waals surface area contributed by atoms with E-state index in [0.29, 0.717) is 24.8 Å². The Morgan fingerprint density at radius 3 is 2.57 bits per heavy atom. The third-order valence-electron chi connectivity index (χ3n) is 7.12. The van der Waals surface area contributed by atoms with Crippen LogP contribution >= 0.6 is 0 Å². The molecule has 0 bridgehead atoms. The van der Waals surface area contributed by atoms with Gasteiger partial charge in [0.25, 0.3) is 5.92 Å². The molecule has 5 heteroatoms. The van der Waals surface area contributed by atoms with Crippen LogP contribution in [0.25, 0.3) is 0 Å². The molecule has 3 nitrogen and oxygen atoms in total. The molecule has 2 saturated carbocycles. The molecule has 2 unspecified atom stereocenters. The van der Waals surface area contributed by atoms with Gasteiger partial charge >= 0.3 is 0 Å². The molecule has 1 heterocycles. The van der Waals surface area contributed by atoms with Crippen molar-refractivity contribution in [2.75, 3.05) is 19.6 Å². The zero-order valence-corrected chi connectivity index (χ0v) is 16.8. The molecule has 0 radical (unpaired) electrons. The highest BCUT2D eigenvalue weighted by molar-refractivity contribution is 5.82. The lowest BCUT2D eigenvalue weighted by atomic mass is 9.94. The summed E-state index contributed by atoms with van der Waals surface area (Å²) in [5, 5.41) is 3.04. The van der Waals surface area contributed by atoms with Gasteiger partial charge in [-0.2, -0.15) is 0 Å². The number of hydrogen-bond acceptors (Lipinski definition) is 2. The number of benzene rings is 1. The molecular formula is C23H32F2N2O. The molecule has 0 aromatic heterocycles. The molecule has 1 saturated heterocycles. The first-order valence-corrected chi connectivity index (χ1v) is 11.0. The highest BCUT2D eigenvalue weighted by Gasteiger charge is 2.59. The number of amides is 1. The molecule has 154 valence electrons. The number of likely N-dealkylation sites (tertiary alicyclic amines) is 1. The number of nitrogens with zero attached hydrogens (tertiary/aromatic N) is 1. The van der Waals surface area contributed by atoms with Gasteiger partial charge in [-0.15, -0.1) is 0 Å². The van der Waals surface area contributed by atoms with Crippen LogP contribution in [0.1, 0.15) is 56.6 Å². The lowest BCUT2D eigenvalue weighted by Gasteiger charge is -2.32. The maximum absolute atomic E-state index is 13.9. The van der Waals surface area contributed by atoms with Crippen LogP contribution in [0.3, 0.4) is 0 Å². The molecular weight excluding hydrogens is 358 g/mol. The number of carbonyl (C=O) groups is 1. The van der Waals surface area contributed by atoms with Crippen molar-refractivity contribution in [3.63, 3.8) is 0 Å². The molecule has 2 atom stereocenters. The fourth-order valence-corrected chi connectivity index (χ4v) is 5.30. The second-order valence-corrected chi connectivity index (χ2v) is 8.90. The molecule has 4 rings (SSSR count). The fourth-order valence-electron chi connectivity index (χ4n) is 5.30. The van der Waals surface area contributed by atoms with Gasteiger partial charge < -0.3 is 5.32 Å². The van der Waals surface area contributed by atoms with Crippen molar-refractivity contribution >= 4 is 5.91 Å². The van der Waals surface area contributed by atoms with Crippen LogP contribution in [0.4, 0.5) is 8.78 Å². The summed E-state index contributed by atoms with van der Waals surface area (Å²) in [5.74, 6) is -1.37. The van der Waals surface area contributed by atoms with Gasteiger partial charge in [-0.05, 0) is 42.7 Å². The van der Waals surface area contributed by atoms with Gasteiger partial charge in [0.1, 0.15) is 0 Å². The Bertz CT molecular complexity index is 690. The standard InChI is InChI=1S/C23H32F2N2O/c1-2-23(24,25)17-8-6-7-16(13-17)11-12-26-22(28)21-19-14-27(15-20(19)21)18-9-4-3-5-10-18/h6-8,13,18-21H,2-5,9-12,14-15H2,1H3,(H,26,28). The van der Waals surface area contributed by atoms with Crippen LogP contribution in [-0.4, -0.2) is 36.5 Å². The number of fused-ring (bicyclic) bond motifs is 1. The molecule has 1 aromatic carbocycles.